The summed E-state index contributed by atoms with van der Waals surface area (Å²) < 4.78 is 6.39. The first kappa shape index (κ1) is 26.3. The molecule has 3 aromatic rings. The largest absolute Gasteiger partial charge is 0.497 e. The summed E-state index contributed by atoms with van der Waals surface area (Å²) in [6.45, 7) is 8.68. The van der Waals surface area contributed by atoms with Gasteiger partial charge in [-0.25, -0.2) is 0 Å². The molecular weight excluding hydrogens is 474 g/mol. The number of hydrogen-bond acceptors (Lipinski definition) is 4. The third-order valence-corrected chi connectivity index (χ3v) is 8.49. The molecule has 1 amide bonds. The zero-order chi connectivity index (χ0) is 27.0. The van der Waals surface area contributed by atoms with E-state index in [9.17, 15) is 9.90 Å². The van der Waals surface area contributed by atoms with Crippen molar-refractivity contribution in [1.29, 1.82) is 0 Å². The molecular formula is C32H40N3O3+. The highest BCUT2D eigenvalue weighted by molar-refractivity contribution is 5.98. The lowest BCUT2D eigenvalue weighted by atomic mass is 9.79. The Kier molecular flexibility index (Phi) is 7.21. The van der Waals surface area contributed by atoms with Gasteiger partial charge in [-0.3, -0.25) is 4.79 Å². The van der Waals surface area contributed by atoms with E-state index in [1.807, 2.05) is 37.3 Å². The van der Waals surface area contributed by atoms with E-state index in [0.717, 1.165) is 65.1 Å². The quantitative estimate of drug-likeness (QED) is 0.459. The number of nitrogens with zero attached hydrogens (tertiary/aromatic N) is 2. The van der Waals surface area contributed by atoms with Gasteiger partial charge in [0.25, 0.3) is 5.91 Å². The molecule has 1 saturated heterocycles. The molecule has 6 heteroatoms. The van der Waals surface area contributed by atoms with Gasteiger partial charge in [-0.1, -0.05) is 31.2 Å². The van der Waals surface area contributed by atoms with Crippen LogP contribution in [-0.4, -0.2) is 69.1 Å². The van der Waals surface area contributed by atoms with Gasteiger partial charge in [0.2, 0.25) is 0 Å². The summed E-state index contributed by atoms with van der Waals surface area (Å²) in [6, 6.07) is 20.9. The fraction of sp³-hybridized carbons (Fsp3) is 0.406. The highest BCUT2D eigenvalue weighted by atomic mass is 16.5. The summed E-state index contributed by atoms with van der Waals surface area (Å²) in [5.41, 5.74) is 7.25. The molecule has 1 fully saturated rings. The first-order chi connectivity index (χ1) is 18.1. The maximum absolute atomic E-state index is 12.8. The van der Waals surface area contributed by atoms with E-state index in [4.69, 9.17) is 4.74 Å². The highest BCUT2D eigenvalue weighted by Gasteiger charge is 2.34. The summed E-state index contributed by atoms with van der Waals surface area (Å²) in [6.07, 6.45) is -0.188. The normalized spacial score (nSPS) is 21.4. The van der Waals surface area contributed by atoms with Crippen LogP contribution in [0.15, 0.2) is 60.7 Å². The van der Waals surface area contributed by atoms with Gasteiger partial charge in [0, 0.05) is 17.2 Å². The number of methoxy groups -OCH3 is 1. The Labute approximate surface area is 226 Å². The average Bonchev–Trinajstić information content (AvgIpc) is 2.91. The second-order valence-corrected chi connectivity index (χ2v) is 11.6. The Bertz CT molecular complexity index is 1290. The van der Waals surface area contributed by atoms with E-state index in [-0.39, 0.29) is 17.7 Å². The summed E-state index contributed by atoms with van der Waals surface area (Å²) in [5.74, 6) is 0.611. The van der Waals surface area contributed by atoms with Gasteiger partial charge in [0.1, 0.15) is 12.0 Å². The van der Waals surface area contributed by atoms with Crippen molar-refractivity contribution >= 4 is 11.6 Å². The topological polar surface area (TPSA) is 61.8 Å². The maximum atomic E-state index is 12.8. The molecule has 0 bridgehead atoms. The molecule has 0 saturated carbocycles. The van der Waals surface area contributed by atoms with Gasteiger partial charge in [-0.2, -0.15) is 0 Å². The molecule has 2 unspecified atom stereocenters. The number of anilines is 1. The molecule has 2 aliphatic rings. The number of carbonyl (C=O) groups is 1. The van der Waals surface area contributed by atoms with Crippen LogP contribution in [0, 0.1) is 6.92 Å². The van der Waals surface area contributed by atoms with Crippen molar-refractivity contribution in [2.75, 3.05) is 52.3 Å². The summed E-state index contributed by atoms with van der Waals surface area (Å²) >= 11 is 0. The second-order valence-electron chi connectivity index (χ2n) is 11.6. The number of rotatable bonds is 6. The van der Waals surface area contributed by atoms with E-state index in [1.165, 1.54) is 11.3 Å². The maximum Gasteiger partial charge on any atom is 0.253 e. The number of piperazine rings is 1. The van der Waals surface area contributed by atoms with Crippen molar-refractivity contribution < 1.29 is 19.1 Å². The van der Waals surface area contributed by atoms with Crippen molar-refractivity contribution in [2.45, 2.75) is 38.3 Å². The molecule has 0 radical (unpaired) electrons. The summed E-state index contributed by atoms with van der Waals surface area (Å²) in [5, 5.41) is 13.8. The minimum Gasteiger partial charge on any atom is -0.497 e. The number of hydrogen-bond donors (Lipinski definition) is 2. The molecule has 6 nitrogen and oxygen atoms in total. The Balaban J connectivity index is 1.38. The number of amides is 1. The van der Waals surface area contributed by atoms with Crippen LogP contribution >= 0.6 is 0 Å². The van der Waals surface area contributed by atoms with Crippen molar-refractivity contribution in [3.63, 3.8) is 0 Å². The van der Waals surface area contributed by atoms with Gasteiger partial charge in [-0.05, 0) is 83.5 Å². The predicted molar refractivity (Wildman–Crippen MR) is 153 cm³/mol. The minimum atomic E-state index is -0.919. The molecule has 2 N–H and O–H groups in total. The molecule has 38 heavy (non-hydrogen) atoms. The van der Waals surface area contributed by atoms with Crippen LogP contribution < -0.4 is 15.0 Å². The standard InChI is InChI=1S/C32H39N3O3/c1-21(23-6-10-25(11-7-23)34-14-16-35(3,4)17-15-34)18-29-28-20-27(24-8-12-26(38-5)13-9-24)22(2)19-30(28)32(37)33-31(29)36/h6-13,19-21,29,31,36H,14-18H2,1-5H3/p+1/t21-,29?,31?/m0/s1. The number of likely N-dealkylation sites (N-methyl/N-ethyl adjacent to an activating group) is 1. The molecule has 2 heterocycles. The minimum absolute atomic E-state index is 0.197. The van der Waals surface area contributed by atoms with E-state index in [0.29, 0.717) is 5.56 Å². The average molecular weight is 515 g/mol. The number of carbonyl (C=O) groups excluding carboxylic acids is 1. The number of benzene rings is 3. The van der Waals surface area contributed by atoms with Gasteiger partial charge in [-0.15, -0.1) is 0 Å². The van der Waals surface area contributed by atoms with Gasteiger partial charge in [0.05, 0.1) is 47.4 Å². The van der Waals surface area contributed by atoms with Gasteiger partial charge >= 0.3 is 0 Å². The van der Waals surface area contributed by atoms with Gasteiger partial charge < -0.3 is 24.5 Å². The number of ether oxygens (including phenoxy) is 1. The fourth-order valence-corrected chi connectivity index (χ4v) is 5.84. The van der Waals surface area contributed by atoms with Crippen LogP contribution in [0.5, 0.6) is 5.75 Å². The van der Waals surface area contributed by atoms with Crippen molar-refractivity contribution in [3.05, 3.63) is 82.9 Å². The molecule has 0 aliphatic carbocycles. The number of fused-ring (bicyclic) bond motifs is 1. The molecule has 5 rings (SSSR count). The second kappa shape index (κ2) is 10.4. The van der Waals surface area contributed by atoms with Crippen LogP contribution in [0.2, 0.25) is 0 Å². The molecule has 0 spiro atoms. The Morgan fingerprint density at radius 1 is 1.03 bits per heavy atom. The van der Waals surface area contributed by atoms with E-state index in [1.54, 1.807) is 7.11 Å². The zero-order valence-corrected chi connectivity index (χ0v) is 23.2. The van der Waals surface area contributed by atoms with Crippen LogP contribution in [-0.2, 0) is 0 Å². The van der Waals surface area contributed by atoms with Crippen molar-refractivity contribution in [1.82, 2.24) is 5.32 Å². The van der Waals surface area contributed by atoms with Crippen LogP contribution in [0.1, 0.15) is 52.2 Å². The number of aliphatic hydroxyl groups is 1. The lowest BCUT2D eigenvalue weighted by Crippen LogP contribution is -2.54. The first-order valence-corrected chi connectivity index (χ1v) is 13.6. The van der Waals surface area contributed by atoms with E-state index in [2.05, 4.69) is 61.6 Å². The third kappa shape index (κ3) is 5.29. The molecule has 2 aliphatic heterocycles. The lowest BCUT2D eigenvalue weighted by molar-refractivity contribution is -0.890. The third-order valence-electron chi connectivity index (χ3n) is 8.49. The number of quaternary nitrogens is 1. The van der Waals surface area contributed by atoms with Crippen LogP contribution in [0.25, 0.3) is 11.1 Å². The summed E-state index contributed by atoms with van der Waals surface area (Å²) in [4.78, 5) is 15.3. The number of aryl methyl sites for hydroxylation is 1. The number of aliphatic hydroxyl groups excluding tert-OH is 1. The lowest BCUT2D eigenvalue weighted by Gasteiger charge is -2.40. The van der Waals surface area contributed by atoms with E-state index < -0.39 is 6.23 Å². The Morgan fingerprint density at radius 2 is 1.68 bits per heavy atom. The molecule has 3 aromatic carbocycles. The Morgan fingerprint density at radius 3 is 2.32 bits per heavy atom. The fourth-order valence-electron chi connectivity index (χ4n) is 5.84. The van der Waals surface area contributed by atoms with Gasteiger partial charge in [0.15, 0.2) is 0 Å². The SMILES string of the molecule is COc1ccc(-c2cc3c(cc2C)C(=O)NC(O)C3C[C@H](C)c2ccc(N3CC[N+](C)(C)CC3)cc2)cc1. The highest BCUT2D eigenvalue weighted by Crippen LogP contribution is 2.39. The summed E-state index contributed by atoms with van der Waals surface area (Å²) in [7, 11) is 6.25. The van der Waals surface area contributed by atoms with Crippen molar-refractivity contribution in [3.8, 4) is 16.9 Å². The number of nitrogens with one attached hydrogen (secondary N) is 1. The zero-order valence-electron chi connectivity index (χ0n) is 23.2. The molecule has 3 atom stereocenters. The predicted octanol–water partition coefficient (Wildman–Crippen LogP) is 4.91. The monoisotopic (exact) mass is 514 g/mol. The smallest absolute Gasteiger partial charge is 0.253 e. The molecule has 200 valence electrons. The first-order valence-electron chi connectivity index (χ1n) is 13.6. The molecule has 0 aromatic heterocycles. The van der Waals surface area contributed by atoms with Crippen LogP contribution in [0.3, 0.4) is 0 Å². The van der Waals surface area contributed by atoms with Crippen LogP contribution in [0.4, 0.5) is 5.69 Å². The van der Waals surface area contributed by atoms with Crippen molar-refractivity contribution in [2.24, 2.45) is 0 Å². The Hall–Kier alpha value is -3.35. The van der Waals surface area contributed by atoms with E-state index >= 15 is 0 Å².